The molecule has 21 heavy (non-hydrogen) atoms. The van der Waals surface area contributed by atoms with Crippen molar-refractivity contribution in [3.05, 3.63) is 22.7 Å². The molecular formula is C17H24BrClO2. The fourth-order valence-electron chi connectivity index (χ4n) is 2.99. The number of benzene rings is 1. The Hall–Kier alpha value is -0.410. The van der Waals surface area contributed by atoms with Crippen LogP contribution in [-0.4, -0.2) is 13.2 Å². The van der Waals surface area contributed by atoms with E-state index in [1.807, 2.05) is 26.0 Å². The number of hydrogen-bond donors (Lipinski definition) is 0. The van der Waals surface area contributed by atoms with E-state index in [9.17, 15) is 0 Å². The van der Waals surface area contributed by atoms with Crippen LogP contribution in [0.15, 0.2) is 12.1 Å². The Labute approximate surface area is 141 Å². The number of ether oxygens (including phenoxy) is 2. The molecule has 4 heteroatoms. The second kappa shape index (κ2) is 8.28. The minimum absolute atomic E-state index is 0.281. The van der Waals surface area contributed by atoms with Crippen LogP contribution in [0.25, 0.3) is 0 Å². The first-order chi connectivity index (χ1) is 10.2. The van der Waals surface area contributed by atoms with Gasteiger partial charge in [-0.1, -0.05) is 53.2 Å². The third-order valence-electron chi connectivity index (χ3n) is 4.02. The van der Waals surface area contributed by atoms with Crippen molar-refractivity contribution in [3.8, 4) is 11.5 Å². The summed E-state index contributed by atoms with van der Waals surface area (Å²) >= 11 is 10.3. The first kappa shape index (κ1) is 17.0. The summed E-state index contributed by atoms with van der Waals surface area (Å²) in [7, 11) is 0. The zero-order valence-electron chi connectivity index (χ0n) is 12.8. The van der Waals surface area contributed by atoms with Gasteiger partial charge >= 0.3 is 0 Å². The van der Waals surface area contributed by atoms with E-state index in [2.05, 4.69) is 15.9 Å². The zero-order valence-corrected chi connectivity index (χ0v) is 15.2. The van der Waals surface area contributed by atoms with E-state index >= 15 is 0 Å². The van der Waals surface area contributed by atoms with Gasteiger partial charge in [0.25, 0.3) is 0 Å². The maximum absolute atomic E-state index is 6.45. The van der Waals surface area contributed by atoms with E-state index in [0.29, 0.717) is 13.2 Å². The van der Waals surface area contributed by atoms with Crippen molar-refractivity contribution in [2.45, 2.75) is 50.8 Å². The van der Waals surface area contributed by atoms with Gasteiger partial charge in [0.2, 0.25) is 0 Å². The predicted molar refractivity (Wildman–Crippen MR) is 92.0 cm³/mol. The lowest BCUT2D eigenvalue weighted by Crippen LogP contribution is -2.03. The molecule has 0 radical (unpaired) electrons. The van der Waals surface area contributed by atoms with Gasteiger partial charge in [0, 0.05) is 15.9 Å². The van der Waals surface area contributed by atoms with Gasteiger partial charge in [0.15, 0.2) is 11.5 Å². The highest BCUT2D eigenvalue weighted by molar-refractivity contribution is 9.09. The number of halogens is 2. The largest absolute Gasteiger partial charge is 0.490 e. The molecule has 1 aromatic carbocycles. The maximum atomic E-state index is 6.45. The Morgan fingerprint density at radius 2 is 1.71 bits per heavy atom. The van der Waals surface area contributed by atoms with Crippen LogP contribution < -0.4 is 9.47 Å². The minimum atomic E-state index is 0.281. The quantitative estimate of drug-likeness (QED) is 0.532. The van der Waals surface area contributed by atoms with Crippen LogP contribution in [0.2, 0.25) is 5.02 Å². The summed E-state index contributed by atoms with van der Waals surface area (Å²) in [5.41, 5.74) is 1.11. The first-order valence-corrected chi connectivity index (χ1v) is 9.18. The minimum Gasteiger partial charge on any atom is -0.490 e. The van der Waals surface area contributed by atoms with Gasteiger partial charge in [-0.05, 0) is 37.8 Å². The fraction of sp³-hybridized carbons (Fsp3) is 0.647. The molecule has 0 bridgehead atoms. The molecule has 0 aromatic heterocycles. The molecule has 0 amide bonds. The predicted octanol–water partition coefficient (Wildman–Crippen LogP) is 6.15. The standard InChI is InChI=1S/C17H24BrClO2/c1-3-20-16-10-13(15(19)11-17(16)21-4-2)14(18)9-12-7-5-6-8-12/h10-12,14H,3-9H2,1-2H3. The average molecular weight is 376 g/mol. The SMILES string of the molecule is CCOc1cc(Cl)c(C(Br)CC2CCCC2)cc1OCC. The number of hydrogen-bond acceptors (Lipinski definition) is 2. The molecule has 0 saturated heterocycles. The van der Waals surface area contributed by atoms with Gasteiger partial charge in [-0.3, -0.25) is 0 Å². The van der Waals surface area contributed by atoms with Gasteiger partial charge in [0.05, 0.1) is 13.2 Å². The summed E-state index contributed by atoms with van der Waals surface area (Å²) in [6, 6.07) is 3.92. The van der Waals surface area contributed by atoms with Gasteiger partial charge < -0.3 is 9.47 Å². The first-order valence-electron chi connectivity index (χ1n) is 7.88. The zero-order chi connectivity index (χ0) is 15.2. The summed E-state index contributed by atoms with van der Waals surface area (Å²) in [6.45, 7) is 5.17. The van der Waals surface area contributed by atoms with Crippen molar-refractivity contribution in [2.75, 3.05) is 13.2 Å². The second-order valence-electron chi connectivity index (χ2n) is 5.54. The van der Waals surface area contributed by atoms with Crippen molar-refractivity contribution in [1.82, 2.24) is 0 Å². The lowest BCUT2D eigenvalue weighted by atomic mass is 9.98. The van der Waals surface area contributed by atoms with Crippen molar-refractivity contribution >= 4 is 27.5 Å². The summed E-state index contributed by atoms with van der Waals surface area (Å²) < 4.78 is 11.3. The molecule has 0 spiro atoms. The second-order valence-corrected chi connectivity index (χ2v) is 7.05. The Morgan fingerprint density at radius 3 is 2.29 bits per heavy atom. The van der Waals surface area contributed by atoms with E-state index in [1.54, 1.807) is 0 Å². The molecule has 1 aliphatic rings. The highest BCUT2D eigenvalue weighted by atomic mass is 79.9. The number of alkyl halides is 1. The van der Waals surface area contributed by atoms with Crippen LogP contribution in [0.4, 0.5) is 0 Å². The molecule has 118 valence electrons. The number of rotatable bonds is 7. The lowest BCUT2D eigenvalue weighted by Gasteiger charge is -2.19. The Bertz CT molecular complexity index is 458. The molecule has 2 rings (SSSR count). The highest BCUT2D eigenvalue weighted by Crippen LogP contribution is 2.43. The van der Waals surface area contributed by atoms with Gasteiger partial charge in [-0.2, -0.15) is 0 Å². The van der Waals surface area contributed by atoms with E-state index in [4.69, 9.17) is 21.1 Å². The van der Waals surface area contributed by atoms with E-state index in [1.165, 1.54) is 25.7 Å². The molecule has 0 N–H and O–H groups in total. The topological polar surface area (TPSA) is 18.5 Å². The van der Waals surface area contributed by atoms with Crippen LogP contribution in [-0.2, 0) is 0 Å². The Balaban J connectivity index is 2.18. The van der Waals surface area contributed by atoms with E-state index < -0.39 is 0 Å². The molecule has 0 heterocycles. The summed E-state index contributed by atoms with van der Waals surface area (Å²) in [4.78, 5) is 0.281. The lowest BCUT2D eigenvalue weighted by molar-refractivity contribution is 0.287. The van der Waals surface area contributed by atoms with Gasteiger partial charge in [-0.25, -0.2) is 0 Å². The summed E-state index contributed by atoms with van der Waals surface area (Å²) in [5, 5.41) is 0.752. The van der Waals surface area contributed by atoms with Crippen molar-refractivity contribution in [3.63, 3.8) is 0 Å². The van der Waals surface area contributed by atoms with Gasteiger partial charge in [-0.15, -0.1) is 0 Å². The molecule has 1 unspecified atom stereocenters. The highest BCUT2D eigenvalue weighted by Gasteiger charge is 2.22. The molecule has 1 aliphatic carbocycles. The van der Waals surface area contributed by atoms with Crippen LogP contribution in [0.5, 0.6) is 11.5 Å². The normalized spacial score (nSPS) is 17.0. The van der Waals surface area contributed by atoms with Gasteiger partial charge in [0.1, 0.15) is 0 Å². The third-order valence-corrected chi connectivity index (χ3v) is 5.21. The monoisotopic (exact) mass is 374 g/mol. The molecular weight excluding hydrogens is 352 g/mol. The van der Waals surface area contributed by atoms with Crippen molar-refractivity contribution in [2.24, 2.45) is 5.92 Å². The Morgan fingerprint density at radius 1 is 1.14 bits per heavy atom. The van der Waals surface area contributed by atoms with Crippen molar-refractivity contribution < 1.29 is 9.47 Å². The summed E-state index contributed by atoms with van der Waals surface area (Å²) in [5.74, 6) is 2.33. The van der Waals surface area contributed by atoms with Crippen molar-refractivity contribution in [1.29, 1.82) is 0 Å². The van der Waals surface area contributed by atoms with E-state index in [0.717, 1.165) is 34.4 Å². The van der Waals surface area contributed by atoms with Crippen LogP contribution >= 0.6 is 27.5 Å². The third kappa shape index (κ3) is 4.53. The molecule has 1 fully saturated rings. The molecule has 1 saturated carbocycles. The van der Waals surface area contributed by atoms with Crippen LogP contribution in [0.3, 0.4) is 0 Å². The Kier molecular flexibility index (Phi) is 6.69. The van der Waals surface area contributed by atoms with Crippen LogP contribution in [0, 0.1) is 5.92 Å². The molecule has 1 atom stereocenters. The molecule has 0 aliphatic heterocycles. The summed E-state index contributed by atoms with van der Waals surface area (Å²) in [6.07, 6.45) is 6.56. The molecule has 1 aromatic rings. The average Bonchev–Trinajstić information content (AvgIpc) is 2.95. The smallest absolute Gasteiger partial charge is 0.162 e. The van der Waals surface area contributed by atoms with E-state index in [-0.39, 0.29) is 4.83 Å². The maximum Gasteiger partial charge on any atom is 0.162 e. The fourth-order valence-corrected chi connectivity index (χ4v) is 4.32. The molecule has 2 nitrogen and oxygen atoms in total. The van der Waals surface area contributed by atoms with Crippen LogP contribution in [0.1, 0.15) is 56.3 Å².